The Balaban J connectivity index is 1.27. The summed E-state index contributed by atoms with van der Waals surface area (Å²) in [4.78, 5) is 33.6. The van der Waals surface area contributed by atoms with Gasteiger partial charge in [-0.2, -0.15) is 0 Å². The molecule has 6 rings (SSSR count). The molecule has 0 amide bonds. The van der Waals surface area contributed by atoms with Crippen LogP contribution >= 0.6 is 0 Å². The molecule has 2 aliphatic rings. The van der Waals surface area contributed by atoms with Gasteiger partial charge in [-0.05, 0) is 42.3 Å². The van der Waals surface area contributed by atoms with Crippen LogP contribution in [0.2, 0.25) is 0 Å². The Labute approximate surface area is 207 Å². The van der Waals surface area contributed by atoms with Gasteiger partial charge in [0.15, 0.2) is 11.5 Å². The van der Waals surface area contributed by atoms with E-state index in [-0.39, 0.29) is 11.1 Å². The highest BCUT2D eigenvalue weighted by Gasteiger charge is 2.14. The lowest BCUT2D eigenvalue weighted by Crippen LogP contribution is -2.37. The first-order valence-electron chi connectivity index (χ1n) is 12.4. The van der Waals surface area contributed by atoms with Crippen molar-refractivity contribution in [2.45, 2.75) is 19.5 Å². The maximum Gasteiger partial charge on any atom is 0.260 e. The molecule has 1 saturated heterocycles. The third kappa shape index (κ3) is 4.47. The number of aromatic nitrogens is 3. The number of fused-ring (bicyclic) bond motifs is 3. The molecule has 1 aromatic carbocycles. The Hall–Kier alpha value is -3.69. The van der Waals surface area contributed by atoms with E-state index in [0.717, 1.165) is 44.8 Å². The molecule has 0 N–H and O–H groups in total. The van der Waals surface area contributed by atoms with E-state index in [4.69, 9.17) is 14.2 Å². The summed E-state index contributed by atoms with van der Waals surface area (Å²) in [5.74, 6) is 1.40. The van der Waals surface area contributed by atoms with Gasteiger partial charge in [-0.1, -0.05) is 6.07 Å². The van der Waals surface area contributed by atoms with Crippen molar-refractivity contribution in [1.82, 2.24) is 19.0 Å². The van der Waals surface area contributed by atoms with Crippen LogP contribution in [0.25, 0.3) is 21.8 Å². The number of aryl methyl sites for hydroxylation is 1. The summed E-state index contributed by atoms with van der Waals surface area (Å²) in [5, 5.41) is 0.899. The van der Waals surface area contributed by atoms with Gasteiger partial charge in [0.05, 0.1) is 41.6 Å². The number of pyridine rings is 3. The van der Waals surface area contributed by atoms with E-state index < -0.39 is 0 Å². The van der Waals surface area contributed by atoms with Crippen LogP contribution in [-0.4, -0.2) is 65.1 Å². The van der Waals surface area contributed by atoms with Crippen molar-refractivity contribution in [3.8, 4) is 11.5 Å². The SMILES string of the molecule is O=c1c2cc3c(=O)n(Cc4ccc5c(c4)OCCO5)ccc3nc2ccn1CCCN1CCOCC1. The van der Waals surface area contributed by atoms with E-state index in [9.17, 15) is 9.59 Å². The van der Waals surface area contributed by atoms with Crippen LogP contribution in [0.3, 0.4) is 0 Å². The molecule has 3 aromatic heterocycles. The second-order valence-electron chi connectivity index (χ2n) is 9.20. The topological polar surface area (TPSA) is 87.8 Å². The number of hydrogen-bond donors (Lipinski definition) is 0. The van der Waals surface area contributed by atoms with E-state index in [1.165, 1.54) is 0 Å². The molecule has 2 aliphatic heterocycles. The summed E-state index contributed by atoms with van der Waals surface area (Å²) in [6.45, 7) is 6.36. The molecule has 9 heteroatoms. The van der Waals surface area contributed by atoms with Crippen LogP contribution in [-0.2, 0) is 17.8 Å². The summed E-state index contributed by atoms with van der Waals surface area (Å²) in [6, 6.07) is 11.1. The van der Waals surface area contributed by atoms with Crippen LogP contribution in [0.5, 0.6) is 11.5 Å². The fourth-order valence-corrected chi connectivity index (χ4v) is 4.88. The van der Waals surface area contributed by atoms with Crippen molar-refractivity contribution in [2.75, 3.05) is 46.1 Å². The first kappa shape index (κ1) is 22.8. The molecule has 0 aliphatic carbocycles. The van der Waals surface area contributed by atoms with Crippen molar-refractivity contribution < 1.29 is 14.2 Å². The van der Waals surface area contributed by atoms with Crippen molar-refractivity contribution in [3.05, 3.63) is 75.1 Å². The van der Waals surface area contributed by atoms with Crippen LogP contribution < -0.4 is 20.6 Å². The Morgan fingerprint density at radius 3 is 2.22 bits per heavy atom. The predicted molar refractivity (Wildman–Crippen MR) is 136 cm³/mol. The lowest BCUT2D eigenvalue weighted by Gasteiger charge is -2.26. The maximum atomic E-state index is 13.4. The van der Waals surface area contributed by atoms with Gasteiger partial charge in [0.25, 0.3) is 11.1 Å². The third-order valence-corrected chi connectivity index (χ3v) is 6.83. The molecule has 0 spiro atoms. The molecule has 36 heavy (non-hydrogen) atoms. The highest BCUT2D eigenvalue weighted by Crippen LogP contribution is 2.31. The molecule has 0 saturated carbocycles. The summed E-state index contributed by atoms with van der Waals surface area (Å²) < 4.78 is 20.0. The van der Waals surface area contributed by atoms with Crippen molar-refractivity contribution >= 4 is 21.8 Å². The fourth-order valence-electron chi connectivity index (χ4n) is 4.88. The molecule has 0 unspecified atom stereocenters. The van der Waals surface area contributed by atoms with Gasteiger partial charge in [0, 0.05) is 38.6 Å². The molecule has 0 atom stereocenters. The second-order valence-corrected chi connectivity index (χ2v) is 9.20. The van der Waals surface area contributed by atoms with Gasteiger partial charge in [-0.3, -0.25) is 14.5 Å². The normalized spacial score (nSPS) is 16.0. The lowest BCUT2D eigenvalue weighted by atomic mass is 10.1. The molecule has 186 valence electrons. The largest absolute Gasteiger partial charge is 0.486 e. The minimum Gasteiger partial charge on any atom is -0.486 e. The van der Waals surface area contributed by atoms with Crippen LogP contribution in [0.15, 0.2) is 58.4 Å². The van der Waals surface area contributed by atoms with Gasteiger partial charge in [0.2, 0.25) is 0 Å². The average molecular weight is 489 g/mol. The number of ether oxygens (including phenoxy) is 3. The van der Waals surface area contributed by atoms with Gasteiger partial charge in [-0.25, -0.2) is 4.98 Å². The Bertz CT molecular complexity index is 1540. The minimum atomic E-state index is -0.182. The monoisotopic (exact) mass is 488 g/mol. The average Bonchev–Trinajstić information content (AvgIpc) is 2.91. The number of benzene rings is 1. The second kappa shape index (κ2) is 9.75. The molecular formula is C27H28N4O5. The van der Waals surface area contributed by atoms with Gasteiger partial charge in [0.1, 0.15) is 13.2 Å². The quantitative estimate of drug-likeness (QED) is 0.385. The van der Waals surface area contributed by atoms with E-state index in [1.54, 1.807) is 27.6 Å². The molecule has 0 radical (unpaired) electrons. The summed E-state index contributed by atoms with van der Waals surface area (Å²) >= 11 is 0. The molecule has 5 heterocycles. The van der Waals surface area contributed by atoms with Gasteiger partial charge < -0.3 is 23.3 Å². The maximum absolute atomic E-state index is 13.4. The zero-order valence-electron chi connectivity index (χ0n) is 20.0. The molecule has 0 bridgehead atoms. The highest BCUT2D eigenvalue weighted by atomic mass is 16.6. The molecule has 9 nitrogen and oxygen atoms in total. The first-order valence-corrected chi connectivity index (χ1v) is 12.4. The Morgan fingerprint density at radius 2 is 1.44 bits per heavy atom. The highest BCUT2D eigenvalue weighted by molar-refractivity contribution is 5.91. The Morgan fingerprint density at radius 1 is 0.750 bits per heavy atom. The summed E-state index contributed by atoms with van der Waals surface area (Å²) in [6.07, 6.45) is 4.41. The van der Waals surface area contributed by atoms with E-state index in [2.05, 4.69) is 9.88 Å². The zero-order chi connectivity index (χ0) is 24.5. The molecule has 4 aromatic rings. The molecular weight excluding hydrogens is 460 g/mol. The lowest BCUT2D eigenvalue weighted by molar-refractivity contribution is 0.0369. The number of hydrogen-bond acceptors (Lipinski definition) is 7. The number of rotatable bonds is 6. The zero-order valence-corrected chi connectivity index (χ0v) is 20.0. The van der Waals surface area contributed by atoms with Crippen molar-refractivity contribution in [2.24, 2.45) is 0 Å². The first-order chi connectivity index (χ1) is 17.7. The molecule has 1 fully saturated rings. The Kier molecular flexibility index (Phi) is 6.16. The van der Waals surface area contributed by atoms with Gasteiger partial charge in [-0.15, -0.1) is 0 Å². The van der Waals surface area contributed by atoms with Crippen LogP contribution in [0.4, 0.5) is 0 Å². The smallest absolute Gasteiger partial charge is 0.260 e. The summed E-state index contributed by atoms with van der Waals surface area (Å²) in [7, 11) is 0. The van der Waals surface area contributed by atoms with E-state index >= 15 is 0 Å². The predicted octanol–water partition coefficient (Wildman–Crippen LogP) is 2.25. The van der Waals surface area contributed by atoms with Crippen molar-refractivity contribution in [1.29, 1.82) is 0 Å². The standard InChI is InChI=1S/C27H28N4O5/c32-26-20-17-21-23(28-22(20)4-8-30(26)7-1-6-29-10-12-34-13-11-29)5-9-31(27(21)33)18-19-2-3-24-25(16-19)36-15-14-35-24/h2-5,8-9,16-17H,1,6-7,10-15,18H2. The van der Waals surface area contributed by atoms with E-state index in [0.29, 0.717) is 59.6 Å². The van der Waals surface area contributed by atoms with Crippen LogP contribution in [0, 0.1) is 0 Å². The number of nitrogens with zero attached hydrogens (tertiary/aromatic N) is 4. The fraction of sp³-hybridized carbons (Fsp3) is 0.370. The minimum absolute atomic E-state index is 0.120. The third-order valence-electron chi connectivity index (χ3n) is 6.83. The van der Waals surface area contributed by atoms with Gasteiger partial charge >= 0.3 is 0 Å². The van der Waals surface area contributed by atoms with Crippen molar-refractivity contribution in [3.63, 3.8) is 0 Å². The van der Waals surface area contributed by atoms with E-state index in [1.807, 2.05) is 30.3 Å². The number of morpholine rings is 1. The summed E-state index contributed by atoms with van der Waals surface area (Å²) in [5.41, 5.74) is 1.80. The van der Waals surface area contributed by atoms with Crippen LogP contribution in [0.1, 0.15) is 12.0 Å².